The summed E-state index contributed by atoms with van der Waals surface area (Å²) in [5.41, 5.74) is 4.48. The van der Waals surface area contributed by atoms with Gasteiger partial charge in [-0.2, -0.15) is 0 Å². The second-order valence-corrected chi connectivity index (χ2v) is 2.02. The molecule has 0 radical (unpaired) electrons. The maximum absolute atomic E-state index is 10.7. The van der Waals surface area contributed by atoms with Crippen molar-refractivity contribution in [3.8, 4) is 0 Å². The zero-order valence-corrected chi connectivity index (χ0v) is 6.15. The van der Waals surface area contributed by atoms with Gasteiger partial charge >= 0.3 is 0 Å². The van der Waals surface area contributed by atoms with E-state index in [-0.39, 0.29) is 5.91 Å². The molecule has 0 bridgehead atoms. The van der Waals surface area contributed by atoms with Crippen molar-refractivity contribution < 1.29 is 9.59 Å². The van der Waals surface area contributed by atoms with Crippen LogP contribution in [0.4, 0.5) is 0 Å². The second-order valence-electron chi connectivity index (χ2n) is 2.02. The summed E-state index contributed by atoms with van der Waals surface area (Å²) in [4.78, 5) is 20.5. The van der Waals surface area contributed by atoms with Crippen LogP contribution in [0, 0.1) is 0 Å². The Kier molecular flexibility index (Phi) is 2.72. The molecule has 1 saturated heterocycles. The number of nitrogens with two attached hydrogens (primary N) is 1. The van der Waals surface area contributed by atoms with Gasteiger partial charge in [-0.05, 0) is 0 Å². The maximum Gasteiger partial charge on any atom is 0.261 e. The third kappa shape index (κ3) is 1.77. The minimum absolute atomic E-state index is 0.156. The minimum atomic E-state index is -0.156. The molecule has 12 heavy (non-hydrogen) atoms. The molecule has 1 aliphatic rings. The zero-order valence-electron chi connectivity index (χ0n) is 6.15. The van der Waals surface area contributed by atoms with Crippen LogP contribution in [0.3, 0.4) is 0 Å². The Morgan fingerprint density at radius 2 is 2.58 bits per heavy atom. The van der Waals surface area contributed by atoms with E-state index in [1.54, 1.807) is 0 Å². The number of amides is 1. The number of nitrogens with one attached hydrogen (secondary N) is 2. The number of carbonyl (C=O) groups excluding carboxylic acids is 2. The third-order valence-corrected chi connectivity index (χ3v) is 1.28. The van der Waals surface area contributed by atoms with E-state index in [0.717, 1.165) is 5.23 Å². The summed E-state index contributed by atoms with van der Waals surface area (Å²) < 4.78 is 0. The summed E-state index contributed by atoms with van der Waals surface area (Å²) in [5, 5.41) is 5.31. The molecule has 0 spiro atoms. The van der Waals surface area contributed by atoms with Crippen LogP contribution in [0.1, 0.15) is 6.42 Å². The van der Waals surface area contributed by atoms with Crippen molar-refractivity contribution in [2.45, 2.75) is 6.42 Å². The molecule has 0 aromatic heterocycles. The molecule has 66 valence electrons. The standard InChI is InChI=1S/C4H8N6O2/c5-8-10(6-3-11)9-2-1-4(12)7-9/h8H,1-2,5H2,(H,7,12). The maximum atomic E-state index is 10.7. The van der Waals surface area contributed by atoms with Crippen molar-refractivity contribution in [1.82, 2.24) is 21.3 Å². The van der Waals surface area contributed by atoms with Crippen LogP contribution in [0.15, 0.2) is 5.10 Å². The number of hydrazine groups is 4. The smallest absolute Gasteiger partial charge is 0.261 e. The van der Waals surface area contributed by atoms with Crippen molar-refractivity contribution >= 4 is 12.0 Å². The summed E-state index contributed by atoms with van der Waals surface area (Å²) in [5.74, 6) is 4.84. The fraction of sp³-hybridized carbons (Fsp3) is 0.500. The van der Waals surface area contributed by atoms with Gasteiger partial charge in [-0.1, -0.05) is 10.2 Å². The van der Waals surface area contributed by atoms with Crippen LogP contribution >= 0.6 is 0 Å². The fourth-order valence-corrected chi connectivity index (χ4v) is 0.796. The Hall–Kier alpha value is -1.47. The lowest BCUT2D eigenvalue weighted by Crippen LogP contribution is -2.54. The van der Waals surface area contributed by atoms with E-state index in [2.05, 4.69) is 16.1 Å². The zero-order chi connectivity index (χ0) is 8.97. The molecule has 0 aliphatic carbocycles. The van der Waals surface area contributed by atoms with Crippen molar-refractivity contribution in [2.24, 2.45) is 10.9 Å². The number of nitrogens with zero attached hydrogens (tertiary/aromatic N) is 3. The van der Waals surface area contributed by atoms with E-state index < -0.39 is 0 Å². The number of hydrogen-bond acceptors (Lipinski definition) is 7. The largest absolute Gasteiger partial charge is 0.274 e. The first-order chi connectivity index (χ1) is 5.77. The minimum Gasteiger partial charge on any atom is -0.274 e. The molecule has 1 heterocycles. The molecule has 0 aromatic rings. The van der Waals surface area contributed by atoms with Crippen LogP contribution in [0.2, 0.25) is 0 Å². The van der Waals surface area contributed by atoms with Gasteiger partial charge in [-0.25, -0.2) is 4.79 Å². The number of rotatable bonds is 3. The van der Waals surface area contributed by atoms with Gasteiger partial charge in [-0.15, -0.1) is 10.8 Å². The highest BCUT2D eigenvalue weighted by atomic mass is 16.2. The van der Waals surface area contributed by atoms with E-state index in [1.807, 2.05) is 0 Å². The number of carbonyl (C=O) groups is 1. The molecule has 0 saturated carbocycles. The van der Waals surface area contributed by atoms with Crippen LogP contribution in [0.25, 0.3) is 0 Å². The monoisotopic (exact) mass is 172 g/mol. The second kappa shape index (κ2) is 3.79. The van der Waals surface area contributed by atoms with Gasteiger partial charge in [0, 0.05) is 6.42 Å². The molecule has 1 aliphatic heterocycles. The lowest BCUT2D eigenvalue weighted by molar-refractivity contribution is -0.131. The quantitative estimate of drug-likeness (QED) is 0.189. The fourth-order valence-electron chi connectivity index (χ4n) is 0.796. The Labute approximate surface area is 67.9 Å². The van der Waals surface area contributed by atoms with Gasteiger partial charge < -0.3 is 0 Å². The predicted molar refractivity (Wildman–Crippen MR) is 36.7 cm³/mol. The highest BCUT2D eigenvalue weighted by molar-refractivity contribution is 5.77. The topological polar surface area (TPSA) is 103 Å². The van der Waals surface area contributed by atoms with Crippen LogP contribution in [-0.2, 0) is 9.59 Å². The number of hydrazone groups is 1. The molecule has 0 unspecified atom stereocenters. The first-order valence-corrected chi connectivity index (χ1v) is 3.19. The lowest BCUT2D eigenvalue weighted by Gasteiger charge is -2.23. The van der Waals surface area contributed by atoms with E-state index in [9.17, 15) is 9.59 Å². The summed E-state index contributed by atoms with van der Waals surface area (Å²) in [7, 11) is 0. The summed E-state index contributed by atoms with van der Waals surface area (Å²) in [6.45, 7) is 0.397. The van der Waals surface area contributed by atoms with Crippen LogP contribution in [-0.4, -0.2) is 28.9 Å². The molecule has 0 atom stereocenters. The molecular weight excluding hydrogens is 164 g/mol. The van der Waals surface area contributed by atoms with E-state index >= 15 is 0 Å². The molecule has 1 amide bonds. The average Bonchev–Trinajstić information content (AvgIpc) is 2.47. The summed E-state index contributed by atoms with van der Waals surface area (Å²) in [6, 6.07) is 0. The van der Waals surface area contributed by atoms with Crippen molar-refractivity contribution in [1.29, 1.82) is 0 Å². The molecule has 1 fully saturated rings. The summed E-state index contributed by atoms with van der Waals surface area (Å²) >= 11 is 0. The van der Waals surface area contributed by atoms with Crippen molar-refractivity contribution in [3.05, 3.63) is 0 Å². The van der Waals surface area contributed by atoms with Gasteiger partial charge in [0.25, 0.3) is 6.08 Å². The van der Waals surface area contributed by atoms with E-state index in [1.165, 1.54) is 11.2 Å². The Bertz CT molecular complexity index is 224. The number of isocyanates is 1. The van der Waals surface area contributed by atoms with Gasteiger partial charge in [0.05, 0.1) is 6.54 Å². The molecule has 8 nitrogen and oxygen atoms in total. The van der Waals surface area contributed by atoms with E-state index in [4.69, 9.17) is 5.84 Å². The van der Waals surface area contributed by atoms with Crippen LogP contribution < -0.4 is 16.8 Å². The van der Waals surface area contributed by atoms with Crippen molar-refractivity contribution in [3.63, 3.8) is 0 Å². The summed E-state index contributed by atoms with van der Waals surface area (Å²) in [6.07, 6.45) is 1.62. The first-order valence-electron chi connectivity index (χ1n) is 3.19. The van der Waals surface area contributed by atoms with Crippen molar-refractivity contribution in [2.75, 3.05) is 6.54 Å². The van der Waals surface area contributed by atoms with Gasteiger partial charge in [0.15, 0.2) is 0 Å². The molecule has 4 N–H and O–H groups in total. The predicted octanol–water partition coefficient (Wildman–Crippen LogP) is -2.43. The molecule has 8 heteroatoms. The Morgan fingerprint density at radius 1 is 1.83 bits per heavy atom. The van der Waals surface area contributed by atoms with Crippen LogP contribution in [0.5, 0.6) is 0 Å². The highest BCUT2D eigenvalue weighted by Crippen LogP contribution is 1.99. The first kappa shape index (κ1) is 8.62. The van der Waals surface area contributed by atoms with Gasteiger partial charge in [-0.3, -0.25) is 16.1 Å². The van der Waals surface area contributed by atoms with E-state index in [0.29, 0.717) is 13.0 Å². The third-order valence-electron chi connectivity index (χ3n) is 1.28. The number of hydrogen-bond donors (Lipinski definition) is 3. The molecule has 1 rings (SSSR count). The normalized spacial score (nSPS) is 16.9. The SMILES string of the molecule is NNN(N=C=O)N1CCC(=O)N1. The van der Waals surface area contributed by atoms with Gasteiger partial charge in [0.2, 0.25) is 5.91 Å². The Balaban J connectivity index is 2.54. The molecule has 0 aromatic carbocycles. The highest BCUT2D eigenvalue weighted by Gasteiger charge is 2.22. The lowest BCUT2D eigenvalue weighted by atomic mass is 10.5. The van der Waals surface area contributed by atoms with Gasteiger partial charge in [0.1, 0.15) is 0 Å². The molecular formula is C4H8N6O2. The average molecular weight is 172 g/mol. The Morgan fingerprint density at radius 3 is 3.00 bits per heavy atom.